The van der Waals surface area contributed by atoms with Crippen LogP contribution in [0.4, 0.5) is 0 Å². The Balaban J connectivity index is 1.75. The molecule has 5 N–H and O–H groups in total. The van der Waals surface area contributed by atoms with Crippen molar-refractivity contribution in [2.45, 2.75) is 86.7 Å². The van der Waals surface area contributed by atoms with E-state index >= 15 is 0 Å². The van der Waals surface area contributed by atoms with E-state index in [1.165, 1.54) is 6.07 Å². The van der Waals surface area contributed by atoms with Crippen LogP contribution in [0.5, 0.6) is 5.75 Å². The lowest BCUT2D eigenvalue weighted by Gasteiger charge is -2.39. The third-order valence-corrected chi connectivity index (χ3v) is 9.42. The highest BCUT2D eigenvalue weighted by molar-refractivity contribution is 7.91. The SMILES string of the molecule is CCCCC1(CC)CS(=O)(=O)c2cc(O[C@@H]3O[C@H](CO)[C@@H](O)[C@H](O)[C@H]3O)ccc2C(c2ccccc2)N1. The molecule has 2 aromatic rings. The minimum Gasteiger partial charge on any atom is -0.462 e. The van der Waals surface area contributed by atoms with Crippen molar-refractivity contribution in [2.24, 2.45) is 0 Å². The van der Waals surface area contributed by atoms with Gasteiger partial charge in [-0.2, -0.15) is 0 Å². The van der Waals surface area contributed by atoms with Gasteiger partial charge in [-0.05, 0) is 36.1 Å². The van der Waals surface area contributed by atoms with Crippen molar-refractivity contribution in [3.8, 4) is 5.75 Å². The molecule has 10 heteroatoms. The van der Waals surface area contributed by atoms with Crippen molar-refractivity contribution >= 4 is 9.84 Å². The van der Waals surface area contributed by atoms with Crippen LogP contribution >= 0.6 is 0 Å². The first-order valence-electron chi connectivity index (χ1n) is 12.8. The summed E-state index contributed by atoms with van der Waals surface area (Å²) < 4.78 is 38.9. The van der Waals surface area contributed by atoms with E-state index in [9.17, 15) is 28.8 Å². The zero-order chi connectivity index (χ0) is 26.8. The van der Waals surface area contributed by atoms with Gasteiger partial charge < -0.3 is 29.9 Å². The van der Waals surface area contributed by atoms with E-state index in [-0.39, 0.29) is 22.4 Å². The summed E-state index contributed by atoms with van der Waals surface area (Å²) in [5, 5.41) is 43.7. The van der Waals surface area contributed by atoms with Crippen molar-refractivity contribution in [2.75, 3.05) is 12.4 Å². The van der Waals surface area contributed by atoms with E-state index in [0.29, 0.717) is 18.4 Å². The first-order chi connectivity index (χ1) is 17.6. The van der Waals surface area contributed by atoms with Crippen molar-refractivity contribution in [1.82, 2.24) is 5.32 Å². The van der Waals surface area contributed by atoms with Crippen LogP contribution in [0.15, 0.2) is 53.4 Å². The molecule has 7 atom stereocenters. The second-order valence-corrected chi connectivity index (χ2v) is 12.0. The number of fused-ring (bicyclic) bond motifs is 1. The van der Waals surface area contributed by atoms with Crippen LogP contribution in [0.1, 0.15) is 56.7 Å². The van der Waals surface area contributed by atoms with E-state index in [2.05, 4.69) is 12.2 Å². The average molecular weight is 536 g/mol. The van der Waals surface area contributed by atoms with E-state index in [4.69, 9.17) is 9.47 Å². The van der Waals surface area contributed by atoms with Crippen LogP contribution < -0.4 is 10.1 Å². The maximum absolute atomic E-state index is 13.8. The summed E-state index contributed by atoms with van der Waals surface area (Å²) in [5.41, 5.74) is 0.920. The Morgan fingerprint density at radius 1 is 1.05 bits per heavy atom. The van der Waals surface area contributed by atoms with Crippen molar-refractivity contribution < 1.29 is 38.3 Å². The van der Waals surface area contributed by atoms with Gasteiger partial charge in [-0.15, -0.1) is 0 Å². The van der Waals surface area contributed by atoms with Gasteiger partial charge in [0.05, 0.1) is 23.3 Å². The third kappa shape index (κ3) is 5.70. The summed E-state index contributed by atoms with van der Waals surface area (Å²) in [6, 6.07) is 14.1. The molecule has 2 aliphatic rings. The molecule has 1 fully saturated rings. The van der Waals surface area contributed by atoms with Crippen molar-refractivity contribution in [3.63, 3.8) is 0 Å². The Morgan fingerprint density at radius 3 is 2.43 bits per heavy atom. The molecule has 0 aromatic heterocycles. The minimum atomic E-state index is -3.76. The van der Waals surface area contributed by atoms with Crippen LogP contribution in [0, 0.1) is 0 Å². The number of sulfone groups is 1. The molecule has 2 aromatic carbocycles. The Bertz CT molecular complexity index is 1160. The number of nitrogens with one attached hydrogen (secondary N) is 1. The number of hydrogen-bond donors (Lipinski definition) is 5. The van der Waals surface area contributed by atoms with Crippen molar-refractivity contribution in [3.05, 3.63) is 59.7 Å². The van der Waals surface area contributed by atoms with Gasteiger partial charge in [0.25, 0.3) is 0 Å². The second kappa shape index (κ2) is 11.4. The highest BCUT2D eigenvalue weighted by atomic mass is 32.2. The molecule has 2 heterocycles. The fourth-order valence-electron chi connectivity index (χ4n) is 5.21. The van der Waals surface area contributed by atoms with Gasteiger partial charge in [0.15, 0.2) is 9.84 Å². The molecule has 1 saturated heterocycles. The summed E-state index contributed by atoms with van der Waals surface area (Å²) in [5.74, 6) is 0.0482. The average Bonchev–Trinajstić information content (AvgIpc) is 3.00. The Hall–Kier alpha value is -2.05. The Labute approximate surface area is 218 Å². The summed E-state index contributed by atoms with van der Waals surface area (Å²) in [7, 11) is -3.76. The van der Waals surface area contributed by atoms with Gasteiger partial charge in [-0.25, -0.2) is 8.42 Å². The molecular weight excluding hydrogens is 498 g/mol. The maximum Gasteiger partial charge on any atom is 0.229 e. The topological polar surface area (TPSA) is 146 Å². The smallest absolute Gasteiger partial charge is 0.229 e. The predicted octanol–water partition coefficient (Wildman–Crippen LogP) is 1.67. The van der Waals surface area contributed by atoms with Gasteiger partial charge in [0.2, 0.25) is 6.29 Å². The number of rotatable bonds is 8. The van der Waals surface area contributed by atoms with E-state index in [0.717, 1.165) is 18.4 Å². The number of ether oxygens (including phenoxy) is 2. The van der Waals surface area contributed by atoms with Crippen LogP contribution in [-0.4, -0.2) is 77.4 Å². The molecule has 0 saturated carbocycles. The lowest BCUT2D eigenvalue weighted by Crippen LogP contribution is -2.60. The molecule has 0 radical (unpaired) electrons. The molecular formula is C27H37NO8S. The number of aliphatic hydroxyl groups is 4. The molecule has 0 bridgehead atoms. The summed E-state index contributed by atoms with van der Waals surface area (Å²) in [6.45, 7) is 3.50. The van der Waals surface area contributed by atoms with Crippen molar-refractivity contribution in [1.29, 1.82) is 0 Å². The predicted molar refractivity (Wildman–Crippen MR) is 137 cm³/mol. The molecule has 2 unspecified atom stereocenters. The number of hydrogen-bond acceptors (Lipinski definition) is 9. The zero-order valence-corrected chi connectivity index (χ0v) is 22.0. The monoisotopic (exact) mass is 535 g/mol. The molecule has 0 spiro atoms. The van der Waals surface area contributed by atoms with Crippen LogP contribution in [-0.2, 0) is 14.6 Å². The molecule has 0 aliphatic carbocycles. The lowest BCUT2D eigenvalue weighted by molar-refractivity contribution is -0.277. The van der Waals surface area contributed by atoms with Crippen LogP contribution in [0.2, 0.25) is 0 Å². The van der Waals surface area contributed by atoms with Gasteiger partial charge in [0.1, 0.15) is 30.2 Å². The van der Waals surface area contributed by atoms with E-state index < -0.39 is 52.7 Å². The molecule has 2 aliphatic heterocycles. The third-order valence-electron chi connectivity index (χ3n) is 7.47. The van der Waals surface area contributed by atoms with Crippen LogP contribution in [0.25, 0.3) is 0 Å². The van der Waals surface area contributed by atoms with Gasteiger partial charge in [-0.3, -0.25) is 5.32 Å². The summed E-state index contributed by atoms with van der Waals surface area (Å²) in [4.78, 5) is 0.128. The van der Waals surface area contributed by atoms with Gasteiger partial charge >= 0.3 is 0 Å². The standard InChI is InChI=1S/C27H37NO8S/c1-3-5-13-27(4-2)16-37(33,34)21-14-18(35-26-25(32)24(31)23(30)20(15-29)36-26)11-12-19(21)22(28-27)17-9-7-6-8-10-17/h6-12,14,20,22-26,28-32H,3-5,13,15-16H2,1-2H3/t20-,22?,23-,24+,25-,26-,27?/m1/s1. The quantitative estimate of drug-likeness (QED) is 0.341. The normalized spacial score (nSPS) is 33.4. The number of benzene rings is 2. The highest BCUT2D eigenvalue weighted by Crippen LogP contribution is 2.40. The fourth-order valence-corrected chi connectivity index (χ4v) is 7.37. The van der Waals surface area contributed by atoms with Gasteiger partial charge in [0, 0.05) is 5.54 Å². The Kier molecular flexibility index (Phi) is 8.59. The second-order valence-electron chi connectivity index (χ2n) is 10.00. The summed E-state index contributed by atoms with van der Waals surface area (Å²) in [6.07, 6.45) is -4.08. The Morgan fingerprint density at radius 2 is 1.78 bits per heavy atom. The van der Waals surface area contributed by atoms with Gasteiger partial charge in [-0.1, -0.05) is 63.1 Å². The first kappa shape index (κ1) is 28.0. The number of unbranched alkanes of at least 4 members (excludes halogenated alkanes) is 1. The highest BCUT2D eigenvalue weighted by Gasteiger charge is 2.45. The first-order valence-corrected chi connectivity index (χ1v) is 14.5. The summed E-state index contributed by atoms with van der Waals surface area (Å²) >= 11 is 0. The zero-order valence-electron chi connectivity index (χ0n) is 21.2. The molecule has 0 amide bonds. The fraction of sp³-hybridized carbons (Fsp3) is 0.556. The van der Waals surface area contributed by atoms with Crippen LogP contribution in [0.3, 0.4) is 0 Å². The largest absolute Gasteiger partial charge is 0.462 e. The number of aliphatic hydroxyl groups excluding tert-OH is 4. The molecule has 4 rings (SSSR count). The van der Waals surface area contributed by atoms with E-state index in [1.807, 2.05) is 37.3 Å². The molecule has 37 heavy (non-hydrogen) atoms. The molecule has 9 nitrogen and oxygen atoms in total. The van der Waals surface area contributed by atoms with E-state index in [1.54, 1.807) is 12.1 Å². The maximum atomic E-state index is 13.8. The molecule has 204 valence electrons. The lowest BCUT2D eigenvalue weighted by atomic mass is 9.88. The minimum absolute atomic E-state index is 0.0731.